The predicted molar refractivity (Wildman–Crippen MR) is 156 cm³/mol. The van der Waals surface area contributed by atoms with E-state index in [0.717, 1.165) is 32.1 Å². The van der Waals surface area contributed by atoms with Crippen molar-refractivity contribution in [2.45, 2.75) is 133 Å². The van der Waals surface area contributed by atoms with Gasteiger partial charge in [-0.25, -0.2) is 8.42 Å². The van der Waals surface area contributed by atoms with Gasteiger partial charge in [-0.2, -0.15) is 0 Å². The predicted octanol–water partition coefficient (Wildman–Crippen LogP) is 7.41. The molecule has 0 saturated heterocycles. The number of benzene rings is 1. The van der Waals surface area contributed by atoms with E-state index in [4.69, 9.17) is 4.74 Å². The number of hydrogen-bond donors (Lipinski definition) is 1. The van der Waals surface area contributed by atoms with E-state index in [1.54, 1.807) is 18.2 Å². The Labute approximate surface area is 235 Å². The maximum Gasteiger partial charge on any atom is 0.303 e. The Morgan fingerprint density at radius 2 is 1.33 bits per heavy atom. The van der Waals surface area contributed by atoms with Crippen LogP contribution in [0.3, 0.4) is 0 Å². The minimum absolute atomic E-state index is 0.0422. The molecule has 0 spiro atoms. The van der Waals surface area contributed by atoms with Crippen LogP contribution in [0.15, 0.2) is 58.4 Å². The zero-order valence-electron chi connectivity index (χ0n) is 23.9. The average molecular weight is 561 g/mol. The molecule has 0 fully saturated rings. The smallest absolute Gasteiger partial charge is 0.303 e. The summed E-state index contributed by atoms with van der Waals surface area (Å²) >= 11 is 0. The molecule has 0 aliphatic heterocycles. The maximum absolute atomic E-state index is 13.4. The fourth-order valence-electron chi connectivity index (χ4n) is 5.12. The molecule has 0 aromatic heterocycles. The molecule has 0 amide bonds. The topological polar surface area (TPSA) is 97.7 Å². The Morgan fingerprint density at radius 3 is 1.82 bits per heavy atom. The molecule has 2 unspecified atom stereocenters. The van der Waals surface area contributed by atoms with Crippen LogP contribution in [0, 0.1) is 0 Å². The summed E-state index contributed by atoms with van der Waals surface area (Å²) in [5.74, 6) is -1.29. The number of allylic oxidation sites excluding steroid dienone is 2. The van der Waals surface area contributed by atoms with E-state index in [2.05, 4.69) is 0 Å². The summed E-state index contributed by atoms with van der Waals surface area (Å²) in [6, 6.07) is 7.85. The molecule has 218 valence electrons. The third kappa shape index (κ3) is 11.4. The molecule has 0 saturated carbocycles. The minimum atomic E-state index is -4.02. The van der Waals surface area contributed by atoms with Gasteiger partial charge >= 0.3 is 5.97 Å². The monoisotopic (exact) mass is 560 g/mol. The molecule has 0 bridgehead atoms. The number of unbranched alkanes of at least 4 members (excludes halogenated alkanes) is 13. The minimum Gasteiger partial charge on any atom is -0.446 e. The molecule has 7 heteroatoms. The highest BCUT2D eigenvalue weighted by atomic mass is 32.2. The van der Waals surface area contributed by atoms with Crippen molar-refractivity contribution in [1.29, 1.82) is 0 Å². The molecular weight excluding hydrogens is 512 g/mol. The molecule has 1 aliphatic rings. The van der Waals surface area contributed by atoms with Gasteiger partial charge < -0.3 is 9.84 Å². The quantitative estimate of drug-likeness (QED) is 0.132. The zero-order valence-corrected chi connectivity index (χ0v) is 24.7. The normalized spacial score (nSPS) is 18.1. The first-order chi connectivity index (χ1) is 18.7. The highest BCUT2D eigenvalue weighted by Crippen LogP contribution is 2.34. The van der Waals surface area contributed by atoms with Crippen LogP contribution < -0.4 is 0 Å². The van der Waals surface area contributed by atoms with Crippen LogP contribution in [0.5, 0.6) is 0 Å². The molecule has 1 aromatic rings. The van der Waals surface area contributed by atoms with Gasteiger partial charge in [0.2, 0.25) is 15.6 Å². The van der Waals surface area contributed by atoms with E-state index in [1.807, 2.05) is 6.92 Å². The van der Waals surface area contributed by atoms with E-state index < -0.39 is 27.2 Å². The van der Waals surface area contributed by atoms with Crippen molar-refractivity contribution in [3.63, 3.8) is 0 Å². The van der Waals surface area contributed by atoms with Gasteiger partial charge in [-0.05, 0) is 50.5 Å². The summed E-state index contributed by atoms with van der Waals surface area (Å²) in [5.41, 5.74) is -1.57. The zero-order chi connectivity index (χ0) is 28.6. The van der Waals surface area contributed by atoms with Crippen LogP contribution in [0.4, 0.5) is 0 Å². The van der Waals surface area contributed by atoms with Crippen LogP contribution in [-0.2, 0) is 24.2 Å². The number of aliphatic hydroxyl groups excluding tert-OH is 1. The van der Waals surface area contributed by atoms with Gasteiger partial charge in [0.05, 0.1) is 11.0 Å². The van der Waals surface area contributed by atoms with Crippen LogP contribution in [0.25, 0.3) is 0 Å². The van der Waals surface area contributed by atoms with Crippen molar-refractivity contribution in [1.82, 2.24) is 0 Å². The Bertz CT molecular complexity index is 1040. The highest BCUT2D eigenvalue weighted by Gasteiger charge is 2.45. The van der Waals surface area contributed by atoms with Crippen LogP contribution in [0.1, 0.15) is 117 Å². The summed E-state index contributed by atoms with van der Waals surface area (Å²) in [7, 11) is -4.02. The van der Waals surface area contributed by atoms with Gasteiger partial charge in [0.1, 0.15) is 4.91 Å². The van der Waals surface area contributed by atoms with Crippen molar-refractivity contribution < 1.29 is 27.9 Å². The maximum atomic E-state index is 13.4. The Morgan fingerprint density at radius 1 is 0.846 bits per heavy atom. The lowest BCUT2D eigenvalue weighted by Gasteiger charge is -2.31. The summed E-state index contributed by atoms with van der Waals surface area (Å²) < 4.78 is 31.8. The number of hydrogen-bond acceptors (Lipinski definition) is 6. The second kappa shape index (κ2) is 17.4. The summed E-state index contributed by atoms with van der Waals surface area (Å²) in [4.78, 5) is 25.0. The second-order valence-electron chi connectivity index (χ2n) is 10.9. The van der Waals surface area contributed by atoms with Crippen LogP contribution in [-0.4, -0.2) is 37.0 Å². The Balaban J connectivity index is 1.68. The van der Waals surface area contributed by atoms with E-state index >= 15 is 0 Å². The number of esters is 1. The first-order valence-corrected chi connectivity index (χ1v) is 16.3. The Kier molecular flexibility index (Phi) is 14.7. The number of sulfone groups is 1. The Hall–Kier alpha value is -2.25. The number of Topliss-reactive ketones (excluding diaryl/α,β-unsaturated/α-hetero) is 1. The third-order valence-corrected chi connectivity index (χ3v) is 9.10. The summed E-state index contributed by atoms with van der Waals surface area (Å²) in [6.45, 7) is 3.10. The third-order valence-electron chi connectivity index (χ3n) is 7.31. The average Bonchev–Trinajstić information content (AvgIpc) is 2.90. The largest absolute Gasteiger partial charge is 0.446 e. The molecule has 1 N–H and O–H groups in total. The molecule has 2 atom stereocenters. The van der Waals surface area contributed by atoms with Crippen molar-refractivity contribution >= 4 is 21.6 Å². The standard InChI is InChI=1S/C32H48O6S/c1-27(33)21-16-13-11-9-7-5-3-4-6-8-10-12-14-19-25-32(38-28(2)34)26-20-24-30(31(32)35)39(36,37)29-22-17-15-18-23-29/h15,17-18,20,22-24,26-27,33H,3-14,16,19,21,25H2,1-2H3. The fraction of sp³-hybridized carbons (Fsp3) is 0.625. The summed E-state index contributed by atoms with van der Waals surface area (Å²) in [6.07, 6.45) is 21.6. The van der Waals surface area contributed by atoms with E-state index in [9.17, 15) is 23.1 Å². The van der Waals surface area contributed by atoms with Gasteiger partial charge in [0.25, 0.3) is 0 Å². The molecule has 0 radical (unpaired) electrons. The fourth-order valence-corrected chi connectivity index (χ4v) is 6.57. The van der Waals surface area contributed by atoms with Crippen molar-refractivity contribution in [3.05, 3.63) is 53.5 Å². The van der Waals surface area contributed by atoms with Gasteiger partial charge in [-0.15, -0.1) is 0 Å². The number of ether oxygens (including phenoxy) is 1. The van der Waals surface area contributed by atoms with Crippen molar-refractivity contribution in [3.8, 4) is 0 Å². The van der Waals surface area contributed by atoms with Gasteiger partial charge in [0.15, 0.2) is 5.60 Å². The highest BCUT2D eigenvalue weighted by molar-refractivity contribution is 7.96. The lowest BCUT2D eigenvalue weighted by Crippen LogP contribution is -2.44. The number of carbonyl (C=O) groups is 2. The SMILES string of the molecule is CC(=O)OC1(CCCCCCCCCCCCCCCCC(C)O)C=CC=C(S(=O)(=O)c2ccccc2)C1=O. The lowest BCUT2D eigenvalue weighted by molar-refractivity contribution is -0.159. The van der Waals surface area contributed by atoms with Gasteiger partial charge in [-0.1, -0.05) is 108 Å². The van der Waals surface area contributed by atoms with E-state index in [-0.39, 0.29) is 22.3 Å². The molecular formula is C32H48O6S. The number of carbonyl (C=O) groups excluding carboxylic acids is 2. The first kappa shape index (κ1) is 33.0. The summed E-state index contributed by atoms with van der Waals surface area (Å²) in [5, 5.41) is 9.27. The molecule has 6 nitrogen and oxygen atoms in total. The van der Waals surface area contributed by atoms with Crippen LogP contribution in [0.2, 0.25) is 0 Å². The number of ketones is 1. The molecule has 1 aliphatic carbocycles. The van der Waals surface area contributed by atoms with Gasteiger partial charge in [0, 0.05) is 6.92 Å². The molecule has 39 heavy (non-hydrogen) atoms. The van der Waals surface area contributed by atoms with Crippen molar-refractivity contribution in [2.75, 3.05) is 0 Å². The van der Waals surface area contributed by atoms with E-state index in [0.29, 0.717) is 6.42 Å². The lowest BCUT2D eigenvalue weighted by atomic mass is 9.87. The number of aliphatic hydroxyl groups is 1. The van der Waals surface area contributed by atoms with E-state index in [1.165, 1.54) is 95.1 Å². The first-order valence-electron chi connectivity index (χ1n) is 14.8. The van der Waals surface area contributed by atoms with Crippen LogP contribution >= 0.6 is 0 Å². The molecule has 0 heterocycles. The second-order valence-corrected chi connectivity index (χ2v) is 12.8. The van der Waals surface area contributed by atoms with Gasteiger partial charge in [-0.3, -0.25) is 9.59 Å². The molecule has 2 rings (SSSR count). The van der Waals surface area contributed by atoms with Crippen molar-refractivity contribution in [2.24, 2.45) is 0 Å². The number of rotatable bonds is 20. The molecule has 1 aromatic carbocycles.